The van der Waals surface area contributed by atoms with Crippen molar-refractivity contribution in [2.24, 2.45) is 0 Å². The SMILES string of the molecule is COC(=O)c1cc(-c2ccc3c(c2)OCO3)n(-c2ccncc2)n1. The first-order valence-corrected chi connectivity index (χ1v) is 7.25. The molecule has 3 heterocycles. The highest BCUT2D eigenvalue weighted by atomic mass is 16.7. The standard InChI is InChI=1S/C17H13N3O4/c1-22-17(21)13-9-14(20(19-13)12-4-6-18-7-5-12)11-2-3-15-16(8-11)24-10-23-15/h2-9H,10H2,1H3. The summed E-state index contributed by atoms with van der Waals surface area (Å²) in [6.07, 6.45) is 3.33. The van der Waals surface area contributed by atoms with Crippen molar-refractivity contribution in [3.8, 4) is 28.4 Å². The zero-order valence-corrected chi connectivity index (χ0v) is 12.8. The first-order chi connectivity index (χ1) is 11.8. The molecule has 120 valence electrons. The van der Waals surface area contributed by atoms with Gasteiger partial charge in [0.2, 0.25) is 6.79 Å². The van der Waals surface area contributed by atoms with Gasteiger partial charge in [-0.3, -0.25) is 4.98 Å². The Balaban J connectivity index is 1.87. The van der Waals surface area contributed by atoms with Gasteiger partial charge in [0.15, 0.2) is 17.2 Å². The van der Waals surface area contributed by atoms with Crippen molar-refractivity contribution in [3.05, 3.63) is 54.5 Å². The summed E-state index contributed by atoms with van der Waals surface area (Å²) < 4.78 is 17.2. The highest BCUT2D eigenvalue weighted by Crippen LogP contribution is 2.36. The summed E-state index contributed by atoms with van der Waals surface area (Å²) in [7, 11) is 1.33. The highest BCUT2D eigenvalue weighted by Gasteiger charge is 2.20. The molecule has 4 rings (SSSR count). The van der Waals surface area contributed by atoms with E-state index in [1.54, 1.807) is 23.1 Å². The van der Waals surface area contributed by atoms with Crippen LogP contribution in [0, 0.1) is 0 Å². The van der Waals surface area contributed by atoms with E-state index in [0.717, 1.165) is 16.9 Å². The van der Waals surface area contributed by atoms with Crippen LogP contribution in [0.2, 0.25) is 0 Å². The molecular formula is C17H13N3O4. The summed E-state index contributed by atoms with van der Waals surface area (Å²) in [4.78, 5) is 15.9. The molecule has 1 aromatic carbocycles. The maximum absolute atomic E-state index is 11.9. The molecule has 0 radical (unpaired) electrons. The van der Waals surface area contributed by atoms with Gasteiger partial charge in [0.25, 0.3) is 0 Å². The predicted octanol–water partition coefficient (Wildman–Crippen LogP) is 2.45. The van der Waals surface area contributed by atoms with Gasteiger partial charge < -0.3 is 14.2 Å². The molecular weight excluding hydrogens is 310 g/mol. The third kappa shape index (κ3) is 2.36. The van der Waals surface area contributed by atoms with E-state index in [4.69, 9.17) is 14.2 Å². The number of esters is 1. The number of aromatic nitrogens is 3. The van der Waals surface area contributed by atoms with Gasteiger partial charge >= 0.3 is 5.97 Å². The first kappa shape index (κ1) is 14.3. The second-order valence-electron chi connectivity index (χ2n) is 5.09. The molecule has 3 aromatic rings. The molecule has 7 heteroatoms. The lowest BCUT2D eigenvalue weighted by Gasteiger charge is -2.07. The van der Waals surface area contributed by atoms with E-state index in [1.807, 2.05) is 30.3 Å². The van der Waals surface area contributed by atoms with Crippen molar-refractivity contribution in [1.29, 1.82) is 0 Å². The number of ether oxygens (including phenoxy) is 3. The van der Waals surface area contributed by atoms with Crippen molar-refractivity contribution in [1.82, 2.24) is 14.8 Å². The summed E-state index contributed by atoms with van der Waals surface area (Å²) >= 11 is 0. The molecule has 0 bridgehead atoms. The number of rotatable bonds is 3. The molecule has 0 spiro atoms. The highest BCUT2D eigenvalue weighted by molar-refractivity contribution is 5.89. The first-order valence-electron chi connectivity index (χ1n) is 7.25. The maximum Gasteiger partial charge on any atom is 0.358 e. The summed E-state index contributed by atoms with van der Waals surface area (Å²) in [5.41, 5.74) is 2.59. The van der Waals surface area contributed by atoms with E-state index in [2.05, 4.69) is 10.1 Å². The lowest BCUT2D eigenvalue weighted by Crippen LogP contribution is -2.04. The van der Waals surface area contributed by atoms with Crippen LogP contribution < -0.4 is 9.47 Å². The lowest BCUT2D eigenvalue weighted by atomic mass is 10.1. The lowest BCUT2D eigenvalue weighted by molar-refractivity contribution is 0.0593. The zero-order valence-electron chi connectivity index (χ0n) is 12.8. The number of carbonyl (C=O) groups is 1. The Morgan fingerprint density at radius 1 is 1.12 bits per heavy atom. The van der Waals surface area contributed by atoms with Crippen molar-refractivity contribution < 1.29 is 19.0 Å². The van der Waals surface area contributed by atoms with Gasteiger partial charge in [-0.1, -0.05) is 0 Å². The minimum atomic E-state index is -0.496. The molecule has 7 nitrogen and oxygen atoms in total. The summed E-state index contributed by atoms with van der Waals surface area (Å²) in [5, 5.41) is 4.36. The number of nitrogens with zero attached hydrogens (tertiary/aromatic N) is 3. The fraction of sp³-hybridized carbons (Fsp3) is 0.118. The average molecular weight is 323 g/mol. The van der Waals surface area contributed by atoms with E-state index in [9.17, 15) is 4.79 Å². The van der Waals surface area contributed by atoms with Crippen LogP contribution in [-0.4, -0.2) is 34.6 Å². The Labute approximate surface area is 137 Å². The monoisotopic (exact) mass is 323 g/mol. The van der Waals surface area contributed by atoms with Crippen LogP contribution in [0.15, 0.2) is 48.8 Å². The quantitative estimate of drug-likeness (QED) is 0.689. The summed E-state index contributed by atoms with van der Waals surface area (Å²) in [6, 6.07) is 10.9. The second-order valence-corrected chi connectivity index (χ2v) is 5.09. The van der Waals surface area contributed by atoms with E-state index in [1.165, 1.54) is 7.11 Å². The number of methoxy groups -OCH3 is 1. The molecule has 0 saturated carbocycles. The van der Waals surface area contributed by atoms with Gasteiger partial charge in [-0.05, 0) is 36.4 Å². The molecule has 24 heavy (non-hydrogen) atoms. The molecule has 0 atom stereocenters. The molecule has 0 saturated heterocycles. The van der Waals surface area contributed by atoms with E-state index < -0.39 is 5.97 Å². The van der Waals surface area contributed by atoms with Crippen molar-refractivity contribution in [2.75, 3.05) is 13.9 Å². The Bertz CT molecular complexity index is 905. The third-order valence-electron chi connectivity index (χ3n) is 3.68. The van der Waals surface area contributed by atoms with Gasteiger partial charge in [0.05, 0.1) is 18.5 Å². The largest absolute Gasteiger partial charge is 0.464 e. The smallest absolute Gasteiger partial charge is 0.358 e. The zero-order chi connectivity index (χ0) is 16.5. The molecule has 2 aromatic heterocycles. The van der Waals surface area contributed by atoms with Crippen molar-refractivity contribution >= 4 is 5.97 Å². The number of carbonyl (C=O) groups excluding carboxylic acids is 1. The molecule has 0 unspecified atom stereocenters. The topological polar surface area (TPSA) is 75.5 Å². The number of fused-ring (bicyclic) bond motifs is 1. The van der Waals surface area contributed by atoms with Gasteiger partial charge in [0, 0.05) is 18.0 Å². The van der Waals surface area contributed by atoms with Crippen LogP contribution in [0.3, 0.4) is 0 Å². The van der Waals surface area contributed by atoms with Crippen molar-refractivity contribution in [2.45, 2.75) is 0 Å². The minimum absolute atomic E-state index is 0.204. The number of hydrogen-bond acceptors (Lipinski definition) is 6. The van der Waals surface area contributed by atoms with Crippen LogP contribution >= 0.6 is 0 Å². The van der Waals surface area contributed by atoms with Gasteiger partial charge in [-0.25, -0.2) is 9.48 Å². The van der Waals surface area contributed by atoms with Gasteiger partial charge in [-0.15, -0.1) is 0 Å². The predicted molar refractivity (Wildman–Crippen MR) is 84.3 cm³/mol. The van der Waals surface area contributed by atoms with Crippen molar-refractivity contribution in [3.63, 3.8) is 0 Å². The summed E-state index contributed by atoms with van der Waals surface area (Å²) in [5.74, 6) is 0.862. The Kier molecular flexibility index (Phi) is 3.38. The fourth-order valence-corrected chi connectivity index (χ4v) is 2.53. The number of pyridine rings is 1. The normalized spacial score (nSPS) is 12.2. The fourth-order valence-electron chi connectivity index (χ4n) is 2.53. The van der Waals surface area contributed by atoms with Crippen LogP contribution in [0.4, 0.5) is 0 Å². The van der Waals surface area contributed by atoms with Crippen LogP contribution in [0.5, 0.6) is 11.5 Å². The maximum atomic E-state index is 11.9. The minimum Gasteiger partial charge on any atom is -0.464 e. The number of benzene rings is 1. The molecule has 0 amide bonds. The van der Waals surface area contributed by atoms with E-state index >= 15 is 0 Å². The average Bonchev–Trinajstić information content (AvgIpc) is 3.28. The van der Waals surface area contributed by atoms with Crippen LogP contribution in [0.1, 0.15) is 10.5 Å². The number of hydrogen-bond donors (Lipinski definition) is 0. The third-order valence-corrected chi connectivity index (χ3v) is 3.68. The molecule has 0 aliphatic carbocycles. The summed E-state index contributed by atoms with van der Waals surface area (Å²) in [6.45, 7) is 0.204. The van der Waals surface area contributed by atoms with E-state index in [0.29, 0.717) is 11.5 Å². The van der Waals surface area contributed by atoms with Crippen LogP contribution in [0.25, 0.3) is 16.9 Å². The molecule has 1 aliphatic heterocycles. The molecule has 0 N–H and O–H groups in total. The Morgan fingerprint density at radius 3 is 2.71 bits per heavy atom. The molecule has 0 fully saturated rings. The molecule has 1 aliphatic rings. The van der Waals surface area contributed by atoms with E-state index in [-0.39, 0.29) is 12.5 Å². The van der Waals surface area contributed by atoms with Gasteiger partial charge in [-0.2, -0.15) is 5.10 Å². The Morgan fingerprint density at radius 2 is 1.92 bits per heavy atom. The van der Waals surface area contributed by atoms with Gasteiger partial charge in [0.1, 0.15) is 0 Å². The second kappa shape index (κ2) is 5.69. The van der Waals surface area contributed by atoms with Crippen LogP contribution in [-0.2, 0) is 4.74 Å². The Hall–Kier alpha value is -3.35.